The third-order valence-corrected chi connectivity index (χ3v) is 3.89. The number of aromatic nitrogens is 2. The summed E-state index contributed by atoms with van der Waals surface area (Å²) in [5, 5.41) is 6.31. The number of carbonyl (C=O) groups excluding carboxylic acids is 1. The molecular weight excluding hydrogens is 344 g/mol. The summed E-state index contributed by atoms with van der Waals surface area (Å²) in [7, 11) is 2.99. The Morgan fingerprint density at radius 3 is 2.63 bits per heavy atom. The Kier molecular flexibility index (Phi) is 5.84. The molecule has 2 aromatic carbocycles. The molecule has 3 aromatic rings. The van der Waals surface area contributed by atoms with E-state index in [4.69, 9.17) is 9.47 Å². The Morgan fingerprint density at radius 1 is 1.04 bits per heavy atom. The van der Waals surface area contributed by atoms with Crippen molar-refractivity contribution in [2.24, 2.45) is 0 Å². The van der Waals surface area contributed by atoms with E-state index in [9.17, 15) is 4.79 Å². The van der Waals surface area contributed by atoms with Gasteiger partial charge in [0.2, 0.25) is 5.95 Å². The number of carbonyl (C=O) groups is 1. The van der Waals surface area contributed by atoms with Gasteiger partial charge in [-0.25, -0.2) is 9.78 Å². The monoisotopic (exact) mass is 364 g/mol. The Balaban J connectivity index is 1.74. The Morgan fingerprint density at radius 2 is 1.81 bits per heavy atom. The minimum absolute atomic E-state index is 0.372. The van der Waals surface area contributed by atoms with Gasteiger partial charge in [0.05, 0.1) is 25.5 Å². The van der Waals surface area contributed by atoms with E-state index in [1.54, 1.807) is 37.6 Å². The van der Waals surface area contributed by atoms with Gasteiger partial charge in [-0.3, -0.25) is 0 Å². The minimum Gasteiger partial charge on any atom is -0.496 e. The highest BCUT2D eigenvalue weighted by Crippen LogP contribution is 2.21. The summed E-state index contributed by atoms with van der Waals surface area (Å²) in [5.41, 5.74) is 2.01. The summed E-state index contributed by atoms with van der Waals surface area (Å²) in [6, 6.07) is 16.6. The lowest BCUT2D eigenvalue weighted by Gasteiger charge is -2.12. The SMILES string of the molecule is COC(=O)c1ccccc1Nc1nccc(NCc2ccccc2OC)n1. The molecule has 0 spiro atoms. The zero-order valence-electron chi connectivity index (χ0n) is 15.1. The molecule has 7 nitrogen and oxygen atoms in total. The van der Waals surface area contributed by atoms with Crippen LogP contribution >= 0.6 is 0 Å². The molecule has 7 heteroatoms. The predicted molar refractivity (Wildman–Crippen MR) is 103 cm³/mol. The lowest BCUT2D eigenvalue weighted by atomic mass is 10.2. The van der Waals surface area contributed by atoms with Crippen molar-refractivity contribution in [2.45, 2.75) is 6.54 Å². The first-order valence-corrected chi connectivity index (χ1v) is 8.34. The Hall–Kier alpha value is -3.61. The van der Waals surface area contributed by atoms with Crippen LogP contribution < -0.4 is 15.4 Å². The van der Waals surface area contributed by atoms with E-state index in [2.05, 4.69) is 20.6 Å². The first-order valence-electron chi connectivity index (χ1n) is 8.34. The van der Waals surface area contributed by atoms with Crippen molar-refractivity contribution >= 4 is 23.4 Å². The zero-order chi connectivity index (χ0) is 19.1. The maximum absolute atomic E-state index is 11.9. The highest BCUT2D eigenvalue weighted by Gasteiger charge is 2.12. The molecule has 3 rings (SSSR count). The molecule has 0 aliphatic heterocycles. The van der Waals surface area contributed by atoms with Crippen LogP contribution in [0.3, 0.4) is 0 Å². The van der Waals surface area contributed by atoms with Crippen LogP contribution in [0.1, 0.15) is 15.9 Å². The molecule has 0 radical (unpaired) electrons. The highest BCUT2D eigenvalue weighted by molar-refractivity contribution is 5.96. The fraction of sp³-hybridized carbons (Fsp3) is 0.150. The largest absolute Gasteiger partial charge is 0.496 e. The van der Waals surface area contributed by atoms with Gasteiger partial charge in [-0.2, -0.15) is 4.98 Å². The molecule has 0 aliphatic rings. The fourth-order valence-corrected chi connectivity index (χ4v) is 2.55. The quantitative estimate of drug-likeness (QED) is 0.619. The Labute approximate surface area is 157 Å². The summed E-state index contributed by atoms with van der Waals surface area (Å²) in [6.45, 7) is 0.555. The summed E-state index contributed by atoms with van der Waals surface area (Å²) in [6.07, 6.45) is 1.64. The van der Waals surface area contributed by atoms with E-state index in [0.29, 0.717) is 29.6 Å². The normalized spacial score (nSPS) is 10.1. The Bertz CT molecular complexity index is 930. The molecule has 138 valence electrons. The third-order valence-electron chi connectivity index (χ3n) is 3.89. The van der Waals surface area contributed by atoms with Crippen molar-refractivity contribution in [2.75, 3.05) is 24.9 Å². The van der Waals surface area contributed by atoms with E-state index < -0.39 is 5.97 Å². The van der Waals surface area contributed by atoms with Crippen molar-refractivity contribution in [3.63, 3.8) is 0 Å². The van der Waals surface area contributed by atoms with Crippen molar-refractivity contribution in [1.82, 2.24) is 9.97 Å². The maximum atomic E-state index is 11.9. The van der Waals surface area contributed by atoms with Crippen molar-refractivity contribution in [3.8, 4) is 5.75 Å². The first kappa shape index (κ1) is 18.2. The van der Waals surface area contributed by atoms with Gasteiger partial charge in [0.15, 0.2) is 0 Å². The molecular formula is C20H20N4O3. The smallest absolute Gasteiger partial charge is 0.339 e. The summed E-state index contributed by atoms with van der Waals surface area (Å²) in [5.74, 6) is 1.40. The second-order valence-corrected chi connectivity index (χ2v) is 5.59. The second kappa shape index (κ2) is 8.66. The van der Waals surface area contributed by atoms with Gasteiger partial charge in [0, 0.05) is 18.3 Å². The van der Waals surface area contributed by atoms with Gasteiger partial charge in [-0.05, 0) is 24.3 Å². The van der Waals surface area contributed by atoms with Crippen molar-refractivity contribution in [1.29, 1.82) is 0 Å². The molecule has 0 saturated heterocycles. The topological polar surface area (TPSA) is 85.4 Å². The molecule has 2 N–H and O–H groups in total. The van der Waals surface area contributed by atoms with Crippen LogP contribution in [-0.4, -0.2) is 30.2 Å². The predicted octanol–water partition coefficient (Wildman–Crippen LogP) is 3.63. The number of nitrogens with one attached hydrogen (secondary N) is 2. The standard InChI is InChI=1S/C20H20N4O3/c1-26-17-10-6-3-7-14(17)13-22-18-11-12-21-20(24-18)23-16-9-5-4-8-15(16)19(25)27-2/h3-12H,13H2,1-2H3,(H2,21,22,23,24). The van der Waals surface area contributed by atoms with Crippen LogP contribution in [0.5, 0.6) is 5.75 Å². The molecule has 1 aromatic heterocycles. The van der Waals surface area contributed by atoms with Crippen LogP contribution in [0.4, 0.5) is 17.5 Å². The lowest BCUT2D eigenvalue weighted by molar-refractivity contribution is 0.0602. The number of hydrogen-bond donors (Lipinski definition) is 2. The average molecular weight is 364 g/mol. The molecule has 0 atom stereocenters. The van der Waals surface area contributed by atoms with E-state index >= 15 is 0 Å². The van der Waals surface area contributed by atoms with Crippen LogP contribution in [0.25, 0.3) is 0 Å². The van der Waals surface area contributed by atoms with E-state index in [1.807, 2.05) is 30.3 Å². The zero-order valence-corrected chi connectivity index (χ0v) is 15.1. The van der Waals surface area contributed by atoms with Gasteiger partial charge >= 0.3 is 5.97 Å². The van der Waals surface area contributed by atoms with Crippen LogP contribution in [-0.2, 0) is 11.3 Å². The molecule has 0 fully saturated rings. The van der Waals surface area contributed by atoms with Gasteiger partial charge in [0.1, 0.15) is 11.6 Å². The van der Waals surface area contributed by atoms with Crippen molar-refractivity contribution < 1.29 is 14.3 Å². The average Bonchev–Trinajstić information content (AvgIpc) is 2.72. The number of esters is 1. The highest BCUT2D eigenvalue weighted by atomic mass is 16.5. The number of anilines is 3. The van der Waals surface area contributed by atoms with E-state index in [0.717, 1.165) is 11.3 Å². The molecule has 1 heterocycles. The van der Waals surface area contributed by atoms with Crippen LogP contribution in [0, 0.1) is 0 Å². The fourth-order valence-electron chi connectivity index (χ4n) is 2.55. The number of benzene rings is 2. The van der Waals surface area contributed by atoms with Crippen molar-refractivity contribution in [3.05, 3.63) is 71.9 Å². The number of ether oxygens (including phenoxy) is 2. The van der Waals surface area contributed by atoms with Crippen LogP contribution in [0.2, 0.25) is 0 Å². The lowest BCUT2D eigenvalue weighted by Crippen LogP contribution is -2.08. The minimum atomic E-state index is -0.427. The molecule has 0 saturated carbocycles. The van der Waals surface area contributed by atoms with Crippen LogP contribution in [0.15, 0.2) is 60.8 Å². The number of para-hydroxylation sites is 2. The molecule has 0 aliphatic carbocycles. The first-order chi connectivity index (χ1) is 13.2. The van der Waals surface area contributed by atoms with E-state index in [1.165, 1.54) is 7.11 Å². The van der Waals surface area contributed by atoms with Gasteiger partial charge < -0.3 is 20.1 Å². The van der Waals surface area contributed by atoms with Gasteiger partial charge in [-0.15, -0.1) is 0 Å². The summed E-state index contributed by atoms with van der Waals surface area (Å²) in [4.78, 5) is 20.5. The van der Waals surface area contributed by atoms with E-state index in [-0.39, 0.29) is 0 Å². The summed E-state index contributed by atoms with van der Waals surface area (Å²) < 4.78 is 10.2. The van der Waals surface area contributed by atoms with Gasteiger partial charge in [-0.1, -0.05) is 30.3 Å². The summed E-state index contributed by atoms with van der Waals surface area (Å²) >= 11 is 0. The number of rotatable bonds is 7. The third kappa shape index (κ3) is 4.52. The maximum Gasteiger partial charge on any atom is 0.339 e. The van der Waals surface area contributed by atoms with Gasteiger partial charge in [0.25, 0.3) is 0 Å². The molecule has 0 bridgehead atoms. The number of methoxy groups -OCH3 is 2. The molecule has 0 unspecified atom stereocenters. The molecule has 27 heavy (non-hydrogen) atoms. The second-order valence-electron chi connectivity index (χ2n) is 5.59. The number of hydrogen-bond acceptors (Lipinski definition) is 7. The number of nitrogens with zero attached hydrogens (tertiary/aromatic N) is 2. The molecule has 0 amide bonds.